The van der Waals surface area contributed by atoms with E-state index >= 15 is 0 Å². The summed E-state index contributed by atoms with van der Waals surface area (Å²) < 4.78 is 4.81. The second-order valence-electron chi connectivity index (χ2n) is 6.18. The third-order valence-corrected chi connectivity index (χ3v) is 3.86. The number of para-hydroxylation sites is 1. The van der Waals surface area contributed by atoms with Crippen molar-refractivity contribution in [2.45, 2.75) is 20.3 Å². The lowest BCUT2D eigenvalue weighted by Crippen LogP contribution is -2.42. The fourth-order valence-electron chi connectivity index (χ4n) is 3.10. The summed E-state index contributed by atoms with van der Waals surface area (Å²) in [7, 11) is 1.47. The minimum atomic E-state index is -0.261. The van der Waals surface area contributed by atoms with Crippen LogP contribution in [0, 0.1) is 11.8 Å². The smallest absolute Gasteiger partial charge is 0.255 e. The molecule has 5 heteroatoms. The van der Waals surface area contributed by atoms with Gasteiger partial charge in [0.2, 0.25) is 5.91 Å². The second kappa shape index (κ2) is 7.40. The quantitative estimate of drug-likeness (QED) is 0.929. The highest BCUT2D eigenvalue weighted by Crippen LogP contribution is 2.24. The molecule has 120 valence electrons. The van der Waals surface area contributed by atoms with Crippen molar-refractivity contribution in [3.05, 3.63) is 29.8 Å². The monoisotopic (exact) mass is 304 g/mol. The highest BCUT2D eigenvalue weighted by atomic mass is 16.5. The average molecular weight is 304 g/mol. The molecule has 1 N–H and O–H groups in total. The third kappa shape index (κ3) is 4.07. The Morgan fingerprint density at radius 3 is 2.50 bits per heavy atom. The number of anilines is 1. The van der Waals surface area contributed by atoms with Gasteiger partial charge < -0.3 is 15.0 Å². The molecule has 0 bridgehead atoms. The molecule has 0 spiro atoms. The van der Waals surface area contributed by atoms with E-state index in [1.807, 2.05) is 11.0 Å². The number of hydrogen-bond donors (Lipinski definition) is 1. The Morgan fingerprint density at radius 1 is 1.23 bits per heavy atom. The fraction of sp³-hybridized carbons (Fsp3) is 0.529. The maximum atomic E-state index is 12.8. The number of hydrogen-bond acceptors (Lipinski definition) is 3. The molecule has 5 nitrogen and oxygen atoms in total. The van der Waals surface area contributed by atoms with Crippen LogP contribution in [0.15, 0.2) is 24.3 Å². The predicted molar refractivity (Wildman–Crippen MR) is 85.8 cm³/mol. The molecule has 2 unspecified atom stereocenters. The van der Waals surface area contributed by atoms with Gasteiger partial charge in [-0.1, -0.05) is 26.0 Å². The normalized spacial score (nSPS) is 21.5. The van der Waals surface area contributed by atoms with E-state index in [1.54, 1.807) is 18.2 Å². The van der Waals surface area contributed by atoms with E-state index in [0.717, 1.165) is 19.5 Å². The van der Waals surface area contributed by atoms with Gasteiger partial charge in [-0.15, -0.1) is 0 Å². The number of rotatable bonds is 4. The lowest BCUT2D eigenvalue weighted by atomic mass is 9.91. The summed E-state index contributed by atoms with van der Waals surface area (Å²) in [5.74, 6) is 0.723. The minimum Gasteiger partial charge on any atom is -0.375 e. The zero-order valence-corrected chi connectivity index (χ0v) is 13.5. The highest BCUT2D eigenvalue weighted by molar-refractivity contribution is 6.04. The molecule has 2 atom stereocenters. The lowest BCUT2D eigenvalue weighted by molar-refractivity contribution is -0.119. The molecule has 1 aromatic rings. The highest BCUT2D eigenvalue weighted by Gasteiger charge is 2.27. The van der Waals surface area contributed by atoms with Crippen LogP contribution in [0.5, 0.6) is 0 Å². The number of ether oxygens (including phenoxy) is 1. The van der Waals surface area contributed by atoms with Crippen LogP contribution in [0.4, 0.5) is 5.69 Å². The maximum Gasteiger partial charge on any atom is 0.255 e. The van der Waals surface area contributed by atoms with Gasteiger partial charge in [-0.3, -0.25) is 9.59 Å². The first-order chi connectivity index (χ1) is 10.5. The van der Waals surface area contributed by atoms with Gasteiger partial charge in [-0.05, 0) is 30.4 Å². The first kappa shape index (κ1) is 16.5. The second-order valence-corrected chi connectivity index (χ2v) is 6.18. The molecular weight excluding hydrogens is 280 g/mol. The van der Waals surface area contributed by atoms with Crippen LogP contribution < -0.4 is 5.32 Å². The molecule has 2 rings (SSSR count). The van der Waals surface area contributed by atoms with Gasteiger partial charge in [0.1, 0.15) is 6.61 Å². The molecule has 2 amide bonds. The average Bonchev–Trinajstić information content (AvgIpc) is 2.46. The SMILES string of the molecule is COCC(=O)Nc1ccccc1C(=O)N1CC(C)CC(C)C1. The van der Waals surface area contributed by atoms with E-state index in [2.05, 4.69) is 19.2 Å². The van der Waals surface area contributed by atoms with Gasteiger partial charge in [-0.25, -0.2) is 0 Å². The van der Waals surface area contributed by atoms with Crippen LogP contribution in [0.1, 0.15) is 30.6 Å². The maximum absolute atomic E-state index is 12.8. The molecule has 0 aliphatic carbocycles. The Hall–Kier alpha value is -1.88. The molecular formula is C17H24N2O3. The van der Waals surface area contributed by atoms with E-state index in [9.17, 15) is 9.59 Å². The van der Waals surface area contributed by atoms with Crippen LogP contribution in [0.3, 0.4) is 0 Å². The Morgan fingerprint density at radius 2 is 1.86 bits per heavy atom. The first-order valence-corrected chi connectivity index (χ1v) is 7.68. The van der Waals surface area contributed by atoms with Crippen molar-refractivity contribution in [1.29, 1.82) is 0 Å². The standard InChI is InChI=1S/C17H24N2O3/c1-12-8-13(2)10-19(9-12)17(21)14-6-4-5-7-15(14)18-16(20)11-22-3/h4-7,12-13H,8-11H2,1-3H3,(H,18,20). The van der Waals surface area contributed by atoms with Gasteiger partial charge in [0.05, 0.1) is 11.3 Å². The van der Waals surface area contributed by atoms with Crippen LogP contribution in [-0.4, -0.2) is 43.5 Å². The summed E-state index contributed by atoms with van der Waals surface area (Å²) in [4.78, 5) is 26.4. The number of carbonyl (C=O) groups is 2. The number of nitrogens with zero attached hydrogens (tertiary/aromatic N) is 1. The molecule has 22 heavy (non-hydrogen) atoms. The van der Waals surface area contributed by atoms with E-state index in [1.165, 1.54) is 7.11 Å². The van der Waals surface area contributed by atoms with Crippen LogP contribution in [-0.2, 0) is 9.53 Å². The molecule has 1 saturated heterocycles. The molecule has 1 fully saturated rings. The first-order valence-electron chi connectivity index (χ1n) is 7.68. The summed E-state index contributed by atoms with van der Waals surface area (Å²) in [6.45, 7) is 5.85. The Bertz CT molecular complexity index is 534. The summed E-state index contributed by atoms with van der Waals surface area (Å²) >= 11 is 0. The summed E-state index contributed by atoms with van der Waals surface area (Å²) in [6, 6.07) is 7.13. The number of amides is 2. The molecule has 1 aliphatic heterocycles. The van der Waals surface area contributed by atoms with Crippen molar-refractivity contribution >= 4 is 17.5 Å². The number of piperidine rings is 1. The molecule has 1 aliphatic rings. The third-order valence-electron chi connectivity index (χ3n) is 3.86. The lowest BCUT2D eigenvalue weighted by Gasteiger charge is -2.35. The summed E-state index contributed by atoms with van der Waals surface area (Å²) in [5.41, 5.74) is 1.08. The minimum absolute atomic E-state index is 0.0216. The van der Waals surface area contributed by atoms with Crippen molar-refractivity contribution in [3.63, 3.8) is 0 Å². The van der Waals surface area contributed by atoms with Crippen LogP contribution in [0.25, 0.3) is 0 Å². The molecule has 0 aromatic heterocycles. The van der Waals surface area contributed by atoms with Crippen LogP contribution in [0.2, 0.25) is 0 Å². The van der Waals surface area contributed by atoms with Crippen molar-refractivity contribution in [2.24, 2.45) is 11.8 Å². The topological polar surface area (TPSA) is 58.6 Å². The van der Waals surface area contributed by atoms with Gasteiger partial charge in [0.15, 0.2) is 0 Å². The summed E-state index contributed by atoms with van der Waals surface area (Å²) in [6.07, 6.45) is 1.15. The number of likely N-dealkylation sites (tertiary alicyclic amines) is 1. The largest absolute Gasteiger partial charge is 0.375 e. The zero-order valence-electron chi connectivity index (χ0n) is 13.5. The molecule has 1 aromatic carbocycles. The Kier molecular flexibility index (Phi) is 5.55. The number of benzene rings is 1. The van der Waals surface area contributed by atoms with Gasteiger partial charge >= 0.3 is 0 Å². The molecule has 0 radical (unpaired) electrons. The Labute approximate surface area is 131 Å². The van der Waals surface area contributed by atoms with Crippen molar-refractivity contribution in [3.8, 4) is 0 Å². The number of nitrogens with one attached hydrogen (secondary N) is 1. The van der Waals surface area contributed by atoms with Crippen molar-refractivity contribution in [2.75, 3.05) is 32.1 Å². The molecule has 1 heterocycles. The van der Waals surface area contributed by atoms with Crippen molar-refractivity contribution < 1.29 is 14.3 Å². The molecule has 0 saturated carbocycles. The van der Waals surface area contributed by atoms with Gasteiger partial charge in [0, 0.05) is 20.2 Å². The summed E-state index contributed by atoms with van der Waals surface area (Å²) in [5, 5.41) is 2.74. The predicted octanol–water partition coefficient (Wildman–Crippen LogP) is 2.39. The van der Waals surface area contributed by atoms with E-state index in [4.69, 9.17) is 4.74 Å². The number of methoxy groups -OCH3 is 1. The Balaban J connectivity index is 2.17. The van der Waals surface area contributed by atoms with Crippen molar-refractivity contribution in [1.82, 2.24) is 4.90 Å². The van der Waals surface area contributed by atoms with Gasteiger partial charge in [-0.2, -0.15) is 0 Å². The van der Waals surface area contributed by atoms with E-state index < -0.39 is 0 Å². The van der Waals surface area contributed by atoms with E-state index in [-0.39, 0.29) is 18.4 Å². The fourth-order valence-corrected chi connectivity index (χ4v) is 3.10. The zero-order chi connectivity index (χ0) is 16.1. The van der Waals surface area contributed by atoms with E-state index in [0.29, 0.717) is 23.1 Å². The van der Waals surface area contributed by atoms with Gasteiger partial charge in [0.25, 0.3) is 5.91 Å². The van der Waals surface area contributed by atoms with Crippen LogP contribution >= 0.6 is 0 Å². The number of carbonyl (C=O) groups excluding carboxylic acids is 2.